The molecule has 0 aromatic carbocycles. The van der Waals surface area contributed by atoms with Crippen LogP contribution in [0.1, 0.15) is 51.4 Å². The van der Waals surface area contributed by atoms with Crippen molar-refractivity contribution in [1.82, 2.24) is 9.62 Å². The Morgan fingerprint density at radius 1 is 1.09 bits per heavy atom. The van der Waals surface area contributed by atoms with Gasteiger partial charge in [0.1, 0.15) is 5.54 Å². The van der Waals surface area contributed by atoms with Crippen LogP contribution >= 0.6 is 0 Å². The molecule has 0 aromatic rings. The SMILES string of the molecule is O=C(CCN1CCCS1(=O)=O)NC1(C(=O)O)CCCCCC1. The van der Waals surface area contributed by atoms with Crippen molar-refractivity contribution in [3.8, 4) is 0 Å². The van der Waals surface area contributed by atoms with Gasteiger partial charge in [-0.1, -0.05) is 25.7 Å². The number of rotatable bonds is 5. The van der Waals surface area contributed by atoms with E-state index < -0.39 is 21.5 Å². The molecular formula is C14H24N2O5S. The second-order valence-electron chi connectivity index (χ2n) is 6.17. The highest BCUT2D eigenvalue weighted by molar-refractivity contribution is 7.89. The van der Waals surface area contributed by atoms with Gasteiger partial charge in [-0.25, -0.2) is 17.5 Å². The summed E-state index contributed by atoms with van der Waals surface area (Å²) in [6, 6.07) is 0. The third-order valence-corrected chi connectivity index (χ3v) is 6.49. The second-order valence-corrected chi connectivity index (χ2v) is 8.26. The van der Waals surface area contributed by atoms with Crippen LogP contribution in [0.4, 0.5) is 0 Å². The summed E-state index contributed by atoms with van der Waals surface area (Å²) >= 11 is 0. The van der Waals surface area contributed by atoms with E-state index in [-0.39, 0.29) is 24.6 Å². The maximum absolute atomic E-state index is 12.1. The lowest BCUT2D eigenvalue weighted by atomic mass is 9.90. The first kappa shape index (κ1) is 17.2. The lowest BCUT2D eigenvalue weighted by Gasteiger charge is -2.29. The van der Waals surface area contributed by atoms with Gasteiger partial charge in [-0.15, -0.1) is 0 Å². The molecule has 2 N–H and O–H groups in total. The van der Waals surface area contributed by atoms with Crippen LogP contribution in [0, 0.1) is 0 Å². The summed E-state index contributed by atoms with van der Waals surface area (Å²) in [4.78, 5) is 23.7. The predicted octanol–water partition coefficient (Wildman–Crippen LogP) is 0.706. The number of carboxylic acids is 1. The number of amides is 1. The van der Waals surface area contributed by atoms with E-state index in [0.717, 1.165) is 25.7 Å². The topological polar surface area (TPSA) is 104 Å². The zero-order valence-corrected chi connectivity index (χ0v) is 13.5. The van der Waals surface area contributed by atoms with Crippen LogP contribution in [0.2, 0.25) is 0 Å². The minimum atomic E-state index is -3.22. The molecule has 22 heavy (non-hydrogen) atoms. The molecule has 1 saturated heterocycles. The fraction of sp³-hybridized carbons (Fsp3) is 0.857. The Morgan fingerprint density at radius 2 is 1.73 bits per heavy atom. The molecule has 2 aliphatic rings. The molecular weight excluding hydrogens is 308 g/mol. The van der Waals surface area contributed by atoms with E-state index in [2.05, 4.69) is 5.32 Å². The van der Waals surface area contributed by atoms with Gasteiger partial charge < -0.3 is 10.4 Å². The van der Waals surface area contributed by atoms with Crippen molar-refractivity contribution in [3.05, 3.63) is 0 Å². The monoisotopic (exact) mass is 332 g/mol. The van der Waals surface area contributed by atoms with Gasteiger partial charge in [0.2, 0.25) is 15.9 Å². The van der Waals surface area contributed by atoms with Gasteiger partial charge in [-0.2, -0.15) is 0 Å². The number of sulfonamides is 1. The lowest BCUT2D eigenvalue weighted by Crippen LogP contribution is -2.54. The summed E-state index contributed by atoms with van der Waals surface area (Å²) in [7, 11) is -3.22. The third kappa shape index (κ3) is 3.98. The van der Waals surface area contributed by atoms with E-state index in [4.69, 9.17) is 0 Å². The summed E-state index contributed by atoms with van der Waals surface area (Å²) in [5.74, 6) is -1.24. The summed E-state index contributed by atoms with van der Waals surface area (Å²) in [6.07, 6.45) is 5.01. The van der Waals surface area contributed by atoms with E-state index in [1.807, 2.05) is 0 Å². The number of carbonyl (C=O) groups excluding carboxylic acids is 1. The van der Waals surface area contributed by atoms with Crippen molar-refractivity contribution in [3.63, 3.8) is 0 Å². The predicted molar refractivity (Wildman–Crippen MR) is 80.8 cm³/mol. The first-order valence-electron chi connectivity index (χ1n) is 7.88. The van der Waals surface area contributed by atoms with Gasteiger partial charge in [0, 0.05) is 19.5 Å². The van der Waals surface area contributed by atoms with Crippen molar-refractivity contribution in [1.29, 1.82) is 0 Å². The van der Waals surface area contributed by atoms with Crippen molar-refractivity contribution < 1.29 is 23.1 Å². The van der Waals surface area contributed by atoms with E-state index >= 15 is 0 Å². The van der Waals surface area contributed by atoms with E-state index in [0.29, 0.717) is 25.8 Å². The Balaban J connectivity index is 1.92. The number of hydrogen-bond acceptors (Lipinski definition) is 4. The average Bonchev–Trinajstić information content (AvgIpc) is 2.64. The van der Waals surface area contributed by atoms with Crippen molar-refractivity contribution in [2.45, 2.75) is 56.9 Å². The molecule has 126 valence electrons. The Bertz CT molecular complexity index is 523. The zero-order valence-electron chi connectivity index (χ0n) is 12.7. The summed E-state index contributed by atoms with van der Waals surface area (Å²) < 4.78 is 24.7. The minimum absolute atomic E-state index is 0.00819. The maximum atomic E-state index is 12.1. The Labute approximate surface area is 131 Å². The highest BCUT2D eigenvalue weighted by atomic mass is 32.2. The third-order valence-electron chi connectivity index (χ3n) is 4.54. The Hall–Kier alpha value is -1.15. The summed E-state index contributed by atoms with van der Waals surface area (Å²) in [6.45, 7) is 0.573. The first-order valence-corrected chi connectivity index (χ1v) is 9.49. The molecule has 0 atom stereocenters. The average molecular weight is 332 g/mol. The van der Waals surface area contributed by atoms with Crippen LogP contribution < -0.4 is 5.32 Å². The quantitative estimate of drug-likeness (QED) is 0.722. The number of carbonyl (C=O) groups is 2. The van der Waals surface area contributed by atoms with Crippen LogP contribution in [0.5, 0.6) is 0 Å². The van der Waals surface area contributed by atoms with Crippen molar-refractivity contribution in [2.75, 3.05) is 18.8 Å². The maximum Gasteiger partial charge on any atom is 0.329 e. The number of carboxylic acid groups (broad SMARTS) is 1. The molecule has 8 heteroatoms. The number of hydrogen-bond donors (Lipinski definition) is 2. The van der Waals surface area contributed by atoms with Crippen LogP contribution in [0.3, 0.4) is 0 Å². The smallest absolute Gasteiger partial charge is 0.329 e. The molecule has 1 aliphatic carbocycles. The van der Waals surface area contributed by atoms with Crippen LogP contribution in [-0.2, 0) is 19.6 Å². The Kier molecular flexibility index (Phi) is 5.44. The summed E-state index contributed by atoms with van der Waals surface area (Å²) in [5.41, 5.74) is -1.18. The van der Waals surface area contributed by atoms with Crippen molar-refractivity contribution in [2.24, 2.45) is 0 Å². The number of nitrogens with zero attached hydrogens (tertiary/aromatic N) is 1. The van der Waals surface area contributed by atoms with Crippen LogP contribution in [0.15, 0.2) is 0 Å². The zero-order chi connectivity index (χ0) is 16.2. The molecule has 0 aromatic heterocycles. The fourth-order valence-electron chi connectivity index (χ4n) is 3.22. The van der Waals surface area contributed by atoms with Crippen LogP contribution in [0.25, 0.3) is 0 Å². The molecule has 1 aliphatic heterocycles. The van der Waals surface area contributed by atoms with Crippen LogP contribution in [-0.4, -0.2) is 54.1 Å². The van der Waals surface area contributed by atoms with Gasteiger partial charge >= 0.3 is 5.97 Å². The molecule has 0 bridgehead atoms. The highest BCUT2D eigenvalue weighted by Crippen LogP contribution is 2.27. The number of nitrogens with one attached hydrogen (secondary N) is 1. The molecule has 0 radical (unpaired) electrons. The molecule has 2 rings (SSSR count). The van der Waals surface area contributed by atoms with E-state index in [1.54, 1.807) is 0 Å². The van der Waals surface area contributed by atoms with Gasteiger partial charge in [-0.3, -0.25) is 4.79 Å². The molecule has 2 fully saturated rings. The molecule has 0 spiro atoms. The largest absolute Gasteiger partial charge is 0.480 e. The molecule has 1 saturated carbocycles. The minimum Gasteiger partial charge on any atom is -0.480 e. The lowest BCUT2D eigenvalue weighted by molar-refractivity contribution is -0.148. The Morgan fingerprint density at radius 3 is 2.23 bits per heavy atom. The normalized spacial score (nSPS) is 24.5. The molecule has 7 nitrogen and oxygen atoms in total. The van der Waals surface area contributed by atoms with Gasteiger partial charge in [0.05, 0.1) is 5.75 Å². The van der Waals surface area contributed by atoms with Gasteiger partial charge in [0.15, 0.2) is 0 Å². The second kappa shape index (κ2) is 6.95. The highest BCUT2D eigenvalue weighted by Gasteiger charge is 2.40. The number of aliphatic carboxylic acids is 1. The van der Waals surface area contributed by atoms with Gasteiger partial charge in [-0.05, 0) is 19.3 Å². The van der Waals surface area contributed by atoms with Gasteiger partial charge in [0.25, 0.3) is 0 Å². The molecule has 0 unspecified atom stereocenters. The van der Waals surface area contributed by atoms with Crippen molar-refractivity contribution >= 4 is 21.9 Å². The molecule has 1 amide bonds. The summed E-state index contributed by atoms with van der Waals surface area (Å²) in [5, 5.41) is 12.2. The van der Waals surface area contributed by atoms with E-state index in [1.165, 1.54) is 4.31 Å². The fourth-order valence-corrected chi connectivity index (χ4v) is 4.75. The van der Waals surface area contributed by atoms with E-state index in [9.17, 15) is 23.1 Å². The first-order chi connectivity index (χ1) is 10.4. The molecule has 1 heterocycles. The standard InChI is InChI=1S/C14H24N2O5S/c17-12(6-10-16-9-5-11-22(16,20)21)15-14(13(18)19)7-3-1-2-4-8-14/h1-11H2,(H,15,17)(H,18,19).